The summed E-state index contributed by atoms with van der Waals surface area (Å²) in [7, 11) is 0. The molecule has 21 heavy (non-hydrogen) atoms. The highest BCUT2D eigenvalue weighted by Gasteiger charge is 2.29. The Kier molecular flexibility index (Phi) is 3.62. The van der Waals surface area contributed by atoms with E-state index in [1.165, 1.54) is 11.1 Å². The van der Waals surface area contributed by atoms with Crippen molar-refractivity contribution in [3.05, 3.63) is 59.7 Å². The summed E-state index contributed by atoms with van der Waals surface area (Å²) in [6.45, 7) is 2.11. The molecule has 0 saturated carbocycles. The Balaban J connectivity index is 1.87. The molecule has 0 spiro atoms. The molecule has 0 heterocycles. The molecule has 0 aliphatic heterocycles. The fourth-order valence-electron chi connectivity index (χ4n) is 2.80. The van der Waals surface area contributed by atoms with E-state index in [1.54, 1.807) is 6.92 Å². The summed E-state index contributed by atoms with van der Waals surface area (Å²) in [5, 5.41) is 9.93. The third-order valence-electron chi connectivity index (χ3n) is 3.85. The Morgan fingerprint density at radius 1 is 1.10 bits per heavy atom. The van der Waals surface area contributed by atoms with Crippen LogP contribution in [0.25, 0.3) is 11.1 Å². The van der Waals surface area contributed by atoms with E-state index in [2.05, 4.69) is 24.3 Å². The van der Waals surface area contributed by atoms with Crippen LogP contribution in [0.1, 0.15) is 24.0 Å². The second-order valence-corrected chi connectivity index (χ2v) is 5.02. The van der Waals surface area contributed by atoms with E-state index >= 15 is 0 Å². The zero-order valence-electron chi connectivity index (χ0n) is 11.8. The molecule has 4 heteroatoms. The Morgan fingerprint density at radius 3 is 2.14 bits per heavy atom. The van der Waals surface area contributed by atoms with Gasteiger partial charge in [0.2, 0.25) is 0 Å². The van der Waals surface area contributed by atoms with Crippen LogP contribution in [0.5, 0.6) is 0 Å². The number of ether oxygens (including phenoxy) is 1. The summed E-state index contributed by atoms with van der Waals surface area (Å²) in [4.78, 5) is 11.6. The van der Waals surface area contributed by atoms with Crippen molar-refractivity contribution in [2.45, 2.75) is 12.8 Å². The average Bonchev–Trinajstić information content (AvgIpc) is 2.86. The first-order valence-corrected chi connectivity index (χ1v) is 7.03. The number of carbonyl (C=O) groups excluding carboxylic acids is 1. The van der Waals surface area contributed by atoms with Crippen molar-refractivity contribution in [3.63, 3.8) is 0 Å². The van der Waals surface area contributed by atoms with Crippen molar-refractivity contribution in [2.75, 3.05) is 13.2 Å². The highest BCUT2D eigenvalue weighted by molar-refractivity contribution is 5.79. The smallest absolute Gasteiger partial charge is 0.433 e. The number of fused-ring (bicyclic) bond motifs is 3. The third-order valence-corrected chi connectivity index (χ3v) is 3.85. The fourth-order valence-corrected chi connectivity index (χ4v) is 2.80. The van der Waals surface area contributed by atoms with Crippen LogP contribution in [-0.4, -0.2) is 29.5 Å². The number of carbonyl (C=O) groups is 1. The van der Waals surface area contributed by atoms with Crippen molar-refractivity contribution in [2.24, 2.45) is 0 Å². The number of amides is 1. The van der Waals surface area contributed by atoms with Gasteiger partial charge in [0.15, 0.2) is 0 Å². The van der Waals surface area contributed by atoms with E-state index < -0.39 is 6.09 Å². The summed E-state index contributed by atoms with van der Waals surface area (Å²) in [6, 6.07) is 16.3. The van der Waals surface area contributed by atoms with E-state index in [0.29, 0.717) is 5.06 Å². The van der Waals surface area contributed by atoms with Gasteiger partial charge in [-0.15, -0.1) is 0 Å². The van der Waals surface area contributed by atoms with E-state index in [1.807, 2.05) is 24.3 Å². The van der Waals surface area contributed by atoms with Gasteiger partial charge in [0.05, 0.1) is 0 Å². The number of hydrogen-bond acceptors (Lipinski definition) is 3. The quantitative estimate of drug-likeness (QED) is 0.691. The van der Waals surface area contributed by atoms with Gasteiger partial charge < -0.3 is 4.74 Å². The molecule has 1 N–H and O–H groups in total. The van der Waals surface area contributed by atoms with Crippen molar-refractivity contribution in [3.8, 4) is 11.1 Å². The average molecular weight is 283 g/mol. The van der Waals surface area contributed by atoms with Crippen molar-refractivity contribution in [1.82, 2.24) is 5.06 Å². The second-order valence-electron chi connectivity index (χ2n) is 5.02. The van der Waals surface area contributed by atoms with Gasteiger partial charge in [-0.25, -0.2) is 4.79 Å². The summed E-state index contributed by atoms with van der Waals surface area (Å²) in [5.74, 6) is 0.0200. The molecule has 0 saturated heterocycles. The summed E-state index contributed by atoms with van der Waals surface area (Å²) in [5.41, 5.74) is 4.69. The maximum absolute atomic E-state index is 11.6. The summed E-state index contributed by atoms with van der Waals surface area (Å²) >= 11 is 0. The predicted molar refractivity (Wildman–Crippen MR) is 79.2 cm³/mol. The molecule has 108 valence electrons. The van der Waals surface area contributed by atoms with Crippen LogP contribution in [0.4, 0.5) is 4.79 Å². The van der Waals surface area contributed by atoms with Gasteiger partial charge in [0, 0.05) is 12.5 Å². The standard InChI is InChI=1S/C17H17NO3/c1-2-18(20)17(19)21-11-16-14-9-5-3-7-12(14)13-8-4-6-10-15(13)16/h3-10,16,20H,2,11H2,1H3. The second kappa shape index (κ2) is 5.58. The molecule has 0 atom stereocenters. The number of benzene rings is 2. The molecule has 2 aromatic carbocycles. The minimum atomic E-state index is -0.709. The monoisotopic (exact) mass is 283 g/mol. The highest BCUT2D eigenvalue weighted by atomic mass is 16.6. The maximum atomic E-state index is 11.6. The van der Waals surface area contributed by atoms with Crippen LogP contribution < -0.4 is 0 Å². The molecule has 2 aromatic rings. The van der Waals surface area contributed by atoms with Gasteiger partial charge >= 0.3 is 6.09 Å². The predicted octanol–water partition coefficient (Wildman–Crippen LogP) is 3.65. The van der Waals surface area contributed by atoms with E-state index in [9.17, 15) is 10.0 Å². The molecule has 0 unspecified atom stereocenters. The van der Waals surface area contributed by atoms with Crippen LogP contribution in [-0.2, 0) is 4.74 Å². The lowest BCUT2D eigenvalue weighted by atomic mass is 9.98. The molecule has 0 radical (unpaired) electrons. The van der Waals surface area contributed by atoms with Crippen LogP contribution >= 0.6 is 0 Å². The minimum absolute atomic E-state index is 0.0200. The summed E-state index contributed by atoms with van der Waals surface area (Å²) in [6.07, 6.45) is -0.709. The molecule has 0 bridgehead atoms. The number of nitrogens with zero attached hydrogens (tertiary/aromatic N) is 1. The third kappa shape index (κ3) is 2.38. The minimum Gasteiger partial charge on any atom is -0.447 e. The largest absolute Gasteiger partial charge is 0.447 e. The van der Waals surface area contributed by atoms with Gasteiger partial charge in [-0.2, -0.15) is 5.06 Å². The molecule has 0 aromatic heterocycles. The maximum Gasteiger partial charge on any atom is 0.433 e. The molecular formula is C17H17NO3. The van der Waals surface area contributed by atoms with Gasteiger partial charge in [-0.05, 0) is 29.2 Å². The van der Waals surface area contributed by atoms with Gasteiger partial charge in [0.25, 0.3) is 0 Å². The number of rotatable bonds is 3. The Labute approximate surface area is 123 Å². The summed E-state index contributed by atoms with van der Waals surface area (Å²) < 4.78 is 5.23. The number of hydrogen-bond donors (Lipinski definition) is 1. The van der Waals surface area contributed by atoms with Crippen molar-refractivity contribution >= 4 is 6.09 Å². The topological polar surface area (TPSA) is 49.8 Å². The first-order chi connectivity index (χ1) is 10.2. The molecule has 3 rings (SSSR count). The lowest BCUT2D eigenvalue weighted by Crippen LogP contribution is -2.29. The first kappa shape index (κ1) is 13.6. The molecule has 1 aliphatic carbocycles. The molecular weight excluding hydrogens is 266 g/mol. The van der Waals surface area contributed by atoms with E-state index in [0.717, 1.165) is 11.1 Å². The van der Waals surface area contributed by atoms with E-state index in [-0.39, 0.29) is 19.1 Å². The lowest BCUT2D eigenvalue weighted by Gasteiger charge is -2.17. The van der Waals surface area contributed by atoms with Crippen molar-refractivity contribution < 1.29 is 14.7 Å². The molecule has 1 aliphatic rings. The Morgan fingerprint density at radius 2 is 1.62 bits per heavy atom. The zero-order valence-corrected chi connectivity index (χ0v) is 11.8. The van der Waals surface area contributed by atoms with Crippen LogP contribution in [0.2, 0.25) is 0 Å². The van der Waals surface area contributed by atoms with Gasteiger partial charge in [0.1, 0.15) is 6.61 Å². The zero-order chi connectivity index (χ0) is 14.8. The SMILES string of the molecule is CCN(O)C(=O)OCC1c2ccccc2-c2ccccc21. The molecule has 4 nitrogen and oxygen atoms in total. The van der Waals surface area contributed by atoms with Crippen LogP contribution in [0.15, 0.2) is 48.5 Å². The number of hydroxylamine groups is 2. The van der Waals surface area contributed by atoms with Gasteiger partial charge in [-0.1, -0.05) is 48.5 Å². The highest BCUT2D eigenvalue weighted by Crippen LogP contribution is 2.44. The fraction of sp³-hybridized carbons (Fsp3) is 0.235. The van der Waals surface area contributed by atoms with Crippen LogP contribution in [0, 0.1) is 0 Å². The van der Waals surface area contributed by atoms with Crippen LogP contribution in [0.3, 0.4) is 0 Å². The lowest BCUT2D eigenvalue weighted by molar-refractivity contribution is -0.0706. The Bertz CT molecular complexity index is 623. The first-order valence-electron chi connectivity index (χ1n) is 7.03. The normalized spacial score (nSPS) is 12.7. The van der Waals surface area contributed by atoms with E-state index in [4.69, 9.17) is 4.74 Å². The van der Waals surface area contributed by atoms with Gasteiger partial charge in [-0.3, -0.25) is 5.21 Å². The molecule has 1 amide bonds. The molecule has 0 fully saturated rings. The van der Waals surface area contributed by atoms with Crippen molar-refractivity contribution in [1.29, 1.82) is 0 Å². The Hall–Kier alpha value is -2.33.